The fourth-order valence-electron chi connectivity index (χ4n) is 9.46. The van der Waals surface area contributed by atoms with Crippen LogP contribution in [0.3, 0.4) is 0 Å². The van der Waals surface area contributed by atoms with Gasteiger partial charge in [0, 0.05) is 38.7 Å². The molecule has 0 atom stereocenters. The van der Waals surface area contributed by atoms with Crippen LogP contribution in [0.15, 0.2) is 205 Å². The standard InChI is InChI=1S/C55H39NO/c1-55(2)46-28-16-29-47(56(41-33-31-38(32-34-41)36-17-6-3-7-18-36)42-24-14-23-40(35-42)37-19-8-4-9-20-37)51(46)52-53(55)45-26-13-12-25-44(45)50-49-43(39-21-10-5-11-22-39)27-15-30-48(49)57-54(50)52/h3-35H,1-2H3. The first-order valence-corrected chi connectivity index (χ1v) is 19.8. The molecule has 0 aliphatic heterocycles. The molecule has 0 saturated carbocycles. The van der Waals surface area contributed by atoms with Crippen molar-refractivity contribution < 1.29 is 4.42 Å². The second-order valence-electron chi connectivity index (χ2n) is 15.6. The Kier molecular flexibility index (Phi) is 7.55. The van der Waals surface area contributed by atoms with Gasteiger partial charge in [0.1, 0.15) is 11.2 Å². The summed E-state index contributed by atoms with van der Waals surface area (Å²) in [6.45, 7) is 4.76. The summed E-state index contributed by atoms with van der Waals surface area (Å²) in [7, 11) is 0. The van der Waals surface area contributed by atoms with Crippen molar-refractivity contribution in [3.8, 4) is 44.5 Å². The van der Waals surface area contributed by atoms with E-state index in [0.29, 0.717) is 0 Å². The van der Waals surface area contributed by atoms with Gasteiger partial charge in [-0.3, -0.25) is 0 Å². The van der Waals surface area contributed by atoms with Crippen LogP contribution in [0.25, 0.3) is 77.2 Å². The molecule has 0 bridgehead atoms. The maximum Gasteiger partial charge on any atom is 0.144 e. The number of rotatable bonds is 6. The first-order chi connectivity index (χ1) is 28.1. The van der Waals surface area contributed by atoms with Crippen LogP contribution in [0, 0.1) is 0 Å². The summed E-state index contributed by atoms with van der Waals surface area (Å²) in [5.41, 5.74) is 17.0. The van der Waals surface area contributed by atoms with Gasteiger partial charge in [0.05, 0.1) is 5.69 Å². The maximum absolute atomic E-state index is 7.19. The minimum Gasteiger partial charge on any atom is -0.455 e. The highest BCUT2D eigenvalue weighted by Crippen LogP contribution is 2.60. The molecule has 0 unspecified atom stereocenters. The van der Waals surface area contributed by atoms with E-state index in [9.17, 15) is 0 Å². The second-order valence-corrected chi connectivity index (χ2v) is 15.6. The zero-order chi connectivity index (χ0) is 38.1. The molecule has 0 radical (unpaired) electrons. The quantitative estimate of drug-likeness (QED) is 0.169. The Morgan fingerprint density at radius 3 is 1.72 bits per heavy atom. The van der Waals surface area contributed by atoms with Crippen LogP contribution in [0.5, 0.6) is 0 Å². The van der Waals surface area contributed by atoms with Crippen LogP contribution in [0.4, 0.5) is 17.1 Å². The van der Waals surface area contributed by atoms with Crippen molar-refractivity contribution in [1.82, 2.24) is 0 Å². The van der Waals surface area contributed by atoms with Crippen LogP contribution in [0.1, 0.15) is 25.0 Å². The van der Waals surface area contributed by atoms with E-state index >= 15 is 0 Å². The van der Waals surface area contributed by atoms with Crippen molar-refractivity contribution in [1.29, 1.82) is 0 Å². The molecule has 0 fully saturated rings. The number of fused-ring (bicyclic) bond motifs is 10. The Labute approximate surface area is 332 Å². The fraction of sp³-hybridized carbons (Fsp3) is 0.0545. The Bertz CT molecular complexity index is 3120. The van der Waals surface area contributed by atoms with Crippen LogP contribution in [-0.2, 0) is 5.41 Å². The zero-order valence-corrected chi connectivity index (χ0v) is 31.9. The summed E-state index contributed by atoms with van der Waals surface area (Å²) >= 11 is 0. The van der Waals surface area contributed by atoms with Gasteiger partial charge in [0.2, 0.25) is 0 Å². The van der Waals surface area contributed by atoms with Gasteiger partial charge in [0.15, 0.2) is 0 Å². The molecule has 9 aromatic carbocycles. The Hall–Kier alpha value is -7.16. The maximum atomic E-state index is 7.19. The highest BCUT2D eigenvalue weighted by molar-refractivity contribution is 6.28. The van der Waals surface area contributed by atoms with Crippen LogP contribution >= 0.6 is 0 Å². The van der Waals surface area contributed by atoms with E-state index in [0.717, 1.165) is 33.6 Å². The summed E-state index contributed by atoms with van der Waals surface area (Å²) in [4.78, 5) is 2.45. The number of furan rings is 1. The summed E-state index contributed by atoms with van der Waals surface area (Å²) < 4.78 is 7.19. The van der Waals surface area contributed by atoms with Crippen molar-refractivity contribution in [2.75, 3.05) is 4.90 Å². The topological polar surface area (TPSA) is 16.4 Å². The summed E-state index contributed by atoms with van der Waals surface area (Å²) in [5.74, 6) is 0. The van der Waals surface area contributed by atoms with E-state index in [-0.39, 0.29) is 5.41 Å². The molecule has 0 N–H and O–H groups in total. The van der Waals surface area contributed by atoms with E-state index in [4.69, 9.17) is 4.42 Å². The van der Waals surface area contributed by atoms with E-state index in [1.54, 1.807) is 0 Å². The van der Waals surface area contributed by atoms with Crippen molar-refractivity contribution in [3.05, 3.63) is 211 Å². The average molecular weight is 730 g/mol. The summed E-state index contributed by atoms with van der Waals surface area (Å²) in [6, 6.07) is 72.2. The normalized spacial score (nSPS) is 12.9. The minimum absolute atomic E-state index is 0.301. The number of benzene rings is 9. The fourth-order valence-corrected chi connectivity index (χ4v) is 9.46. The van der Waals surface area contributed by atoms with Gasteiger partial charge in [-0.1, -0.05) is 178 Å². The van der Waals surface area contributed by atoms with Gasteiger partial charge in [0.25, 0.3) is 0 Å². The van der Waals surface area contributed by atoms with Crippen molar-refractivity contribution in [2.45, 2.75) is 19.3 Å². The lowest BCUT2D eigenvalue weighted by atomic mass is 9.79. The minimum atomic E-state index is -0.301. The zero-order valence-electron chi connectivity index (χ0n) is 31.9. The number of hydrogen-bond donors (Lipinski definition) is 0. The molecule has 10 aromatic rings. The van der Waals surface area contributed by atoms with Gasteiger partial charge < -0.3 is 9.32 Å². The number of nitrogens with zero attached hydrogens (tertiary/aromatic N) is 1. The molecule has 1 aromatic heterocycles. The molecule has 1 heterocycles. The molecule has 0 spiro atoms. The van der Waals surface area contributed by atoms with Crippen LogP contribution < -0.4 is 4.90 Å². The van der Waals surface area contributed by atoms with Gasteiger partial charge in [-0.05, 0) is 91.7 Å². The van der Waals surface area contributed by atoms with Gasteiger partial charge >= 0.3 is 0 Å². The lowest BCUT2D eigenvalue weighted by Gasteiger charge is -2.29. The summed E-state index contributed by atoms with van der Waals surface area (Å²) in [6.07, 6.45) is 0. The molecule has 1 aliphatic carbocycles. The van der Waals surface area contributed by atoms with Gasteiger partial charge in [-0.2, -0.15) is 0 Å². The van der Waals surface area contributed by atoms with Gasteiger partial charge in [-0.25, -0.2) is 0 Å². The van der Waals surface area contributed by atoms with E-state index < -0.39 is 0 Å². The van der Waals surface area contributed by atoms with Gasteiger partial charge in [-0.15, -0.1) is 0 Å². The third-order valence-electron chi connectivity index (χ3n) is 12.0. The Morgan fingerprint density at radius 1 is 0.421 bits per heavy atom. The van der Waals surface area contributed by atoms with Crippen molar-refractivity contribution in [3.63, 3.8) is 0 Å². The second kappa shape index (κ2) is 13.0. The largest absolute Gasteiger partial charge is 0.455 e. The molecular formula is C55H39NO. The third-order valence-corrected chi connectivity index (χ3v) is 12.0. The van der Waals surface area contributed by atoms with Crippen molar-refractivity contribution in [2.24, 2.45) is 0 Å². The molecule has 2 heteroatoms. The first-order valence-electron chi connectivity index (χ1n) is 19.8. The molecule has 0 saturated heterocycles. The highest BCUT2D eigenvalue weighted by Gasteiger charge is 2.42. The molecule has 2 nitrogen and oxygen atoms in total. The summed E-state index contributed by atoms with van der Waals surface area (Å²) in [5, 5.41) is 4.81. The number of hydrogen-bond acceptors (Lipinski definition) is 2. The Balaban J connectivity index is 1.22. The molecule has 11 rings (SSSR count). The monoisotopic (exact) mass is 729 g/mol. The molecule has 57 heavy (non-hydrogen) atoms. The first kappa shape index (κ1) is 33.2. The predicted molar refractivity (Wildman–Crippen MR) is 240 cm³/mol. The average Bonchev–Trinajstić information content (AvgIpc) is 3.78. The lowest BCUT2D eigenvalue weighted by Crippen LogP contribution is -2.16. The molecule has 0 amide bonds. The molecule has 1 aliphatic rings. The Morgan fingerprint density at radius 2 is 1.00 bits per heavy atom. The smallest absolute Gasteiger partial charge is 0.144 e. The predicted octanol–water partition coefficient (Wildman–Crippen LogP) is 15.5. The third kappa shape index (κ3) is 5.18. The molecule has 270 valence electrons. The van der Waals surface area contributed by atoms with Crippen molar-refractivity contribution >= 4 is 49.8 Å². The SMILES string of the molecule is CC1(C)c2cccc(N(c3ccc(-c4ccccc4)cc3)c3cccc(-c4ccccc4)c3)c2-c2c1c1ccccc1c1c2oc2cccc(-c3ccccc3)c21. The molecular weight excluding hydrogens is 691 g/mol. The number of anilines is 3. The van der Waals surface area contributed by atoms with E-state index in [2.05, 4.69) is 219 Å². The van der Waals surface area contributed by atoms with Crippen LogP contribution in [-0.4, -0.2) is 0 Å². The van der Waals surface area contributed by atoms with E-state index in [1.165, 1.54) is 71.8 Å². The van der Waals surface area contributed by atoms with Crippen LogP contribution in [0.2, 0.25) is 0 Å². The lowest BCUT2D eigenvalue weighted by molar-refractivity contribution is 0.658. The van der Waals surface area contributed by atoms with E-state index in [1.807, 2.05) is 0 Å². The highest BCUT2D eigenvalue weighted by atomic mass is 16.3.